The number of fused-ring (bicyclic) bond motifs is 3. The minimum atomic E-state index is -1.50. The van der Waals surface area contributed by atoms with Crippen molar-refractivity contribution in [2.75, 3.05) is 0 Å². The fourth-order valence-electron chi connectivity index (χ4n) is 5.57. The molecule has 1 nitrogen and oxygen atoms in total. The van der Waals surface area contributed by atoms with E-state index in [-0.39, 0.29) is 0 Å². The van der Waals surface area contributed by atoms with E-state index >= 15 is 0 Å². The summed E-state index contributed by atoms with van der Waals surface area (Å²) < 4.78 is 5.89. The smallest absolute Gasteiger partial charge is 0.111 e. The number of hydrogen-bond donors (Lipinski definition) is 0. The molecule has 0 saturated carbocycles. The van der Waals surface area contributed by atoms with Crippen LogP contribution < -0.4 is 0 Å². The SMILES string of the molecule is CC(C)[Si](C1=C2C(=COC3=CC=CCC32)C1)(C(C)C)C(C)C. The molecule has 0 aromatic heterocycles. The first-order chi connectivity index (χ1) is 10.4. The van der Waals surface area contributed by atoms with Crippen LogP contribution in [0.1, 0.15) is 54.4 Å². The Balaban J connectivity index is 2.14. The summed E-state index contributed by atoms with van der Waals surface area (Å²) in [6.07, 6.45) is 10.9. The van der Waals surface area contributed by atoms with E-state index in [2.05, 4.69) is 59.8 Å². The van der Waals surface area contributed by atoms with Crippen LogP contribution in [0.25, 0.3) is 0 Å². The lowest BCUT2D eigenvalue weighted by Gasteiger charge is -2.52. The molecule has 3 aliphatic rings. The Hall–Kier alpha value is -1.02. The van der Waals surface area contributed by atoms with Gasteiger partial charge < -0.3 is 4.74 Å². The second kappa shape index (κ2) is 5.56. The molecular formula is C20H30OSi. The summed E-state index contributed by atoms with van der Waals surface area (Å²) in [6, 6.07) is 0. The predicted molar refractivity (Wildman–Crippen MR) is 97.2 cm³/mol. The zero-order valence-corrected chi connectivity index (χ0v) is 15.9. The zero-order valence-electron chi connectivity index (χ0n) is 14.9. The van der Waals surface area contributed by atoms with Crippen LogP contribution in [0.3, 0.4) is 0 Å². The van der Waals surface area contributed by atoms with E-state index in [1.807, 2.05) is 11.5 Å². The van der Waals surface area contributed by atoms with Gasteiger partial charge in [0, 0.05) is 5.92 Å². The van der Waals surface area contributed by atoms with E-state index in [9.17, 15) is 0 Å². The highest BCUT2D eigenvalue weighted by atomic mass is 28.3. The van der Waals surface area contributed by atoms with Crippen molar-refractivity contribution >= 4 is 8.07 Å². The molecule has 0 spiro atoms. The van der Waals surface area contributed by atoms with Crippen LogP contribution >= 0.6 is 0 Å². The van der Waals surface area contributed by atoms with E-state index in [4.69, 9.17) is 4.74 Å². The molecule has 120 valence electrons. The van der Waals surface area contributed by atoms with E-state index < -0.39 is 8.07 Å². The van der Waals surface area contributed by atoms with Crippen LogP contribution in [-0.2, 0) is 4.74 Å². The molecule has 0 bridgehead atoms. The first-order valence-corrected chi connectivity index (χ1v) is 11.1. The van der Waals surface area contributed by atoms with Crippen molar-refractivity contribution in [1.82, 2.24) is 0 Å². The van der Waals surface area contributed by atoms with Crippen molar-refractivity contribution in [3.63, 3.8) is 0 Å². The Kier molecular flexibility index (Phi) is 4.01. The van der Waals surface area contributed by atoms with Gasteiger partial charge in [0.25, 0.3) is 0 Å². The van der Waals surface area contributed by atoms with Gasteiger partial charge in [0.05, 0.1) is 14.3 Å². The van der Waals surface area contributed by atoms with Crippen LogP contribution in [0.4, 0.5) is 0 Å². The van der Waals surface area contributed by atoms with E-state index in [1.165, 1.54) is 12.0 Å². The van der Waals surface area contributed by atoms with Crippen molar-refractivity contribution in [2.24, 2.45) is 5.92 Å². The average molecular weight is 315 g/mol. The standard InChI is InChI=1S/C20H30OSi/c1-13(2)22(14(3)4,15(5)6)19-11-16-12-21-18-10-8-7-9-17(18)20(16)19/h7-8,10,12-15,17H,9,11H2,1-6H3. The van der Waals surface area contributed by atoms with Crippen molar-refractivity contribution in [3.05, 3.63) is 46.6 Å². The third-order valence-corrected chi connectivity index (χ3v) is 13.4. The molecule has 3 rings (SSSR count). The van der Waals surface area contributed by atoms with Gasteiger partial charge >= 0.3 is 0 Å². The van der Waals surface area contributed by atoms with Gasteiger partial charge in [0.1, 0.15) is 5.76 Å². The Labute approximate surface area is 136 Å². The molecule has 2 aliphatic carbocycles. The van der Waals surface area contributed by atoms with Crippen LogP contribution in [0.15, 0.2) is 46.6 Å². The molecule has 22 heavy (non-hydrogen) atoms. The Morgan fingerprint density at radius 2 is 1.68 bits per heavy atom. The van der Waals surface area contributed by atoms with Crippen molar-refractivity contribution in [1.29, 1.82) is 0 Å². The van der Waals surface area contributed by atoms with Gasteiger partial charge in [0.15, 0.2) is 0 Å². The Bertz CT molecular complexity index is 565. The third kappa shape index (κ3) is 2.03. The van der Waals surface area contributed by atoms with Crippen molar-refractivity contribution in [2.45, 2.75) is 71.0 Å². The number of allylic oxidation sites excluding steroid dienone is 6. The number of hydrogen-bond acceptors (Lipinski definition) is 1. The summed E-state index contributed by atoms with van der Waals surface area (Å²) in [7, 11) is -1.50. The fourth-order valence-corrected chi connectivity index (χ4v) is 13.0. The molecule has 0 aromatic rings. The largest absolute Gasteiger partial charge is 0.468 e. The molecule has 0 radical (unpaired) electrons. The van der Waals surface area contributed by atoms with Gasteiger partial charge in [-0.05, 0) is 46.7 Å². The molecule has 0 fully saturated rings. The average Bonchev–Trinajstić information content (AvgIpc) is 2.42. The maximum absolute atomic E-state index is 5.89. The Morgan fingerprint density at radius 1 is 1.05 bits per heavy atom. The summed E-state index contributed by atoms with van der Waals surface area (Å²) in [5, 5.41) is 1.85. The van der Waals surface area contributed by atoms with Crippen LogP contribution in [0, 0.1) is 5.92 Å². The highest BCUT2D eigenvalue weighted by molar-refractivity contribution is 6.90. The van der Waals surface area contributed by atoms with Crippen LogP contribution in [0.2, 0.25) is 16.6 Å². The Morgan fingerprint density at radius 3 is 2.27 bits per heavy atom. The maximum atomic E-state index is 5.89. The topological polar surface area (TPSA) is 9.23 Å². The lowest BCUT2D eigenvalue weighted by molar-refractivity contribution is 0.278. The van der Waals surface area contributed by atoms with Gasteiger partial charge in [-0.25, -0.2) is 0 Å². The molecule has 0 saturated heterocycles. The molecule has 0 N–H and O–H groups in total. The second-order valence-electron chi connectivity index (χ2n) is 8.01. The number of ether oxygens (including phenoxy) is 1. The summed E-state index contributed by atoms with van der Waals surface area (Å²) in [5.41, 5.74) is 5.54. The van der Waals surface area contributed by atoms with Gasteiger partial charge in [-0.2, -0.15) is 0 Å². The monoisotopic (exact) mass is 314 g/mol. The molecule has 0 aromatic carbocycles. The molecule has 0 amide bonds. The molecule has 1 unspecified atom stereocenters. The minimum Gasteiger partial charge on any atom is -0.468 e. The van der Waals surface area contributed by atoms with E-state index in [1.54, 1.807) is 5.57 Å². The highest BCUT2D eigenvalue weighted by Gasteiger charge is 2.52. The summed E-state index contributed by atoms with van der Waals surface area (Å²) in [4.78, 5) is 0. The molecule has 2 heteroatoms. The summed E-state index contributed by atoms with van der Waals surface area (Å²) in [6.45, 7) is 14.8. The zero-order chi connectivity index (χ0) is 16.1. The lowest BCUT2D eigenvalue weighted by Crippen LogP contribution is -2.50. The minimum absolute atomic E-state index is 0.497. The summed E-state index contributed by atoms with van der Waals surface area (Å²) in [5.74, 6) is 1.66. The maximum Gasteiger partial charge on any atom is 0.111 e. The van der Waals surface area contributed by atoms with Crippen LogP contribution in [-0.4, -0.2) is 8.07 Å². The fraction of sp³-hybridized carbons (Fsp3) is 0.600. The normalized spacial score (nSPS) is 24.0. The van der Waals surface area contributed by atoms with E-state index in [0.717, 1.165) is 28.8 Å². The van der Waals surface area contributed by atoms with Gasteiger partial charge in [0.2, 0.25) is 0 Å². The predicted octanol–water partition coefficient (Wildman–Crippen LogP) is 6.28. The molecule has 1 aliphatic heterocycles. The quantitative estimate of drug-likeness (QED) is 0.555. The highest BCUT2D eigenvalue weighted by Crippen LogP contribution is 2.58. The third-order valence-electron chi connectivity index (χ3n) is 6.22. The lowest BCUT2D eigenvalue weighted by atomic mass is 9.77. The molecular weight excluding hydrogens is 284 g/mol. The van der Waals surface area contributed by atoms with Crippen molar-refractivity contribution in [3.8, 4) is 0 Å². The van der Waals surface area contributed by atoms with Crippen molar-refractivity contribution < 1.29 is 4.74 Å². The first-order valence-electron chi connectivity index (χ1n) is 8.86. The summed E-state index contributed by atoms with van der Waals surface area (Å²) >= 11 is 0. The second-order valence-corrected chi connectivity index (χ2v) is 13.9. The van der Waals surface area contributed by atoms with Gasteiger partial charge in [-0.3, -0.25) is 0 Å². The van der Waals surface area contributed by atoms with Gasteiger partial charge in [-0.15, -0.1) is 0 Å². The van der Waals surface area contributed by atoms with Gasteiger partial charge in [-0.1, -0.05) is 58.9 Å². The first kappa shape index (κ1) is 15.9. The van der Waals surface area contributed by atoms with Crippen LogP contribution in [0.5, 0.6) is 0 Å². The molecule has 1 atom stereocenters. The number of rotatable bonds is 4. The molecule has 1 heterocycles. The van der Waals surface area contributed by atoms with E-state index in [0.29, 0.717) is 5.92 Å².